The minimum atomic E-state index is -0.408. The second-order valence-electron chi connectivity index (χ2n) is 6.18. The van der Waals surface area contributed by atoms with Crippen molar-refractivity contribution in [1.29, 1.82) is 0 Å². The summed E-state index contributed by atoms with van der Waals surface area (Å²) < 4.78 is 2.73. The number of imidazole rings is 1. The van der Waals surface area contributed by atoms with E-state index in [1.54, 1.807) is 10.7 Å². The molecule has 4 rings (SSSR count). The van der Waals surface area contributed by atoms with Gasteiger partial charge in [-0.25, -0.2) is 14.3 Å². The maximum atomic E-state index is 12.3. The molecular weight excluding hydrogens is 346 g/mol. The van der Waals surface area contributed by atoms with Gasteiger partial charge in [-0.05, 0) is 38.1 Å². The molecule has 1 amide bonds. The number of carbonyl (C=O) groups is 1. The topological polar surface area (TPSA) is 110 Å². The lowest BCUT2D eigenvalue weighted by molar-refractivity contribution is -0.117. The monoisotopic (exact) mass is 363 g/mol. The highest BCUT2D eigenvalue weighted by Crippen LogP contribution is 2.13. The van der Waals surface area contributed by atoms with Gasteiger partial charge in [-0.3, -0.25) is 14.9 Å². The fraction of sp³-hybridized carbons (Fsp3) is 0.167. The first-order valence-electron chi connectivity index (χ1n) is 8.36. The van der Waals surface area contributed by atoms with E-state index in [9.17, 15) is 9.59 Å². The predicted octanol–water partition coefficient (Wildman–Crippen LogP) is 1.56. The average molecular weight is 363 g/mol. The number of para-hydroxylation sites is 2. The van der Waals surface area contributed by atoms with E-state index < -0.39 is 5.91 Å². The van der Waals surface area contributed by atoms with Crippen molar-refractivity contribution in [3.63, 3.8) is 0 Å². The van der Waals surface area contributed by atoms with E-state index in [1.165, 1.54) is 6.07 Å². The van der Waals surface area contributed by atoms with Crippen LogP contribution < -0.4 is 10.9 Å². The SMILES string of the molecule is Cc1cc(C)n(-c2ccc(=O)n(CC(=O)Nc3nc4ccccc4[nH]3)n2)n1. The fourth-order valence-corrected chi connectivity index (χ4v) is 2.84. The summed E-state index contributed by atoms with van der Waals surface area (Å²) in [5.74, 6) is 0.384. The van der Waals surface area contributed by atoms with Crippen molar-refractivity contribution in [3.05, 3.63) is 64.2 Å². The number of nitrogens with one attached hydrogen (secondary N) is 2. The number of H-pyrrole nitrogens is 1. The van der Waals surface area contributed by atoms with Crippen LogP contribution >= 0.6 is 0 Å². The smallest absolute Gasteiger partial charge is 0.267 e. The molecule has 9 nitrogen and oxygen atoms in total. The molecule has 0 fully saturated rings. The number of carbonyl (C=O) groups excluding carboxylic acids is 1. The van der Waals surface area contributed by atoms with Gasteiger partial charge in [0.25, 0.3) is 5.56 Å². The molecule has 0 unspecified atom stereocenters. The number of benzene rings is 1. The Morgan fingerprint density at radius 3 is 2.70 bits per heavy atom. The molecule has 0 aliphatic heterocycles. The van der Waals surface area contributed by atoms with Crippen molar-refractivity contribution in [1.82, 2.24) is 29.5 Å². The number of hydrogen-bond donors (Lipinski definition) is 2. The Hall–Kier alpha value is -3.75. The van der Waals surface area contributed by atoms with Gasteiger partial charge in [0.05, 0.1) is 16.7 Å². The zero-order valence-corrected chi connectivity index (χ0v) is 14.8. The highest BCUT2D eigenvalue weighted by atomic mass is 16.2. The Labute approximate surface area is 153 Å². The molecule has 3 heterocycles. The Kier molecular flexibility index (Phi) is 4.03. The summed E-state index contributed by atoms with van der Waals surface area (Å²) in [7, 11) is 0. The molecule has 0 saturated carbocycles. The first-order chi connectivity index (χ1) is 13.0. The lowest BCUT2D eigenvalue weighted by Crippen LogP contribution is -2.30. The standard InChI is InChI=1S/C18H17N7O2/c1-11-9-12(2)25(22-11)15-7-8-17(27)24(23-15)10-16(26)21-18-19-13-5-3-4-6-14(13)20-18/h3-9H,10H2,1-2H3,(H2,19,20,21,26). The van der Waals surface area contributed by atoms with Gasteiger partial charge < -0.3 is 4.98 Å². The van der Waals surface area contributed by atoms with Gasteiger partial charge in [-0.2, -0.15) is 5.10 Å². The maximum absolute atomic E-state index is 12.3. The molecule has 9 heteroatoms. The molecule has 0 bridgehead atoms. The summed E-state index contributed by atoms with van der Waals surface area (Å²) in [5.41, 5.74) is 2.91. The lowest BCUT2D eigenvalue weighted by atomic mass is 10.3. The van der Waals surface area contributed by atoms with Gasteiger partial charge in [0.2, 0.25) is 11.9 Å². The van der Waals surface area contributed by atoms with Crippen molar-refractivity contribution in [3.8, 4) is 5.82 Å². The van der Waals surface area contributed by atoms with Crippen LogP contribution in [0.15, 0.2) is 47.3 Å². The second-order valence-corrected chi connectivity index (χ2v) is 6.18. The van der Waals surface area contributed by atoms with Crippen LogP contribution in [0.25, 0.3) is 16.9 Å². The summed E-state index contributed by atoms with van der Waals surface area (Å²) in [6.45, 7) is 3.54. The molecule has 0 saturated heterocycles. The summed E-state index contributed by atoms with van der Waals surface area (Å²) in [6.07, 6.45) is 0. The normalized spacial score (nSPS) is 11.0. The van der Waals surface area contributed by atoms with E-state index in [-0.39, 0.29) is 12.1 Å². The van der Waals surface area contributed by atoms with E-state index in [0.717, 1.165) is 27.1 Å². The van der Waals surface area contributed by atoms with Gasteiger partial charge in [-0.1, -0.05) is 12.1 Å². The van der Waals surface area contributed by atoms with Gasteiger partial charge in [0.1, 0.15) is 6.54 Å². The van der Waals surface area contributed by atoms with E-state index in [0.29, 0.717) is 11.8 Å². The van der Waals surface area contributed by atoms with Crippen LogP contribution in [-0.4, -0.2) is 35.4 Å². The highest BCUT2D eigenvalue weighted by Gasteiger charge is 2.12. The Morgan fingerprint density at radius 1 is 1.15 bits per heavy atom. The van der Waals surface area contributed by atoms with Crippen molar-refractivity contribution >= 4 is 22.9 Å². The van der Waals surface area contributed by atoms with Crippen LogP contribution in [0.3, 0.4) is 0 Å². The zero-order valence-electron chi connectivity index (χ0n) is 14.8. The van der Waals surface area contributed by atoms with E-state index >= 15 is 0 Å². The summed E-state index contributed by atoms with van der Waals surface area (Å²) in [5, 5.41) is 11.3. The number of anilines is 1. The third-order valence-corrected chi connectivity index (χ3v) is 4.02. The highest BCUT2D eigenvalue weighted by molar-refractivity contribution is 5.90. The lowest BCUT2D eigenvalue weighted by Gasteiger charge is -2.08. The first kappa shape index (κ1) is 16.7. The van der Waals surface area contributed by atoms with Gasteiger partial charge in [0, 0.05) is 11.8 Å². The zero-order chi connectivity index (χ0) is 19.0. The molecule has 0 aliphatic carbocycles. The third kappa shape index (κ3) is 3.34. The number of aromatic nitrogens is 6. The van der Waals surface area contributed by atoms with E-state index in [2.05, 4.69) is 25.5 Å². The molecular formula is C18H17N7O2. The second kappa shape index (κ2) is 6.52. The number of aryl methyl sites for hydroxylation is 2. The Morgan fingerprint density at radius 2 is 1.96 bits per heavy atom. The number of fused-ring (bicyclic) bond motifs is 1. The van der Waals surface area contributed by atoms with Crippen LogP contribution in [0.1, 0.15) is 11.4 Å². The molecule has 0 spiro atoms. The minimum Gasteiger partial charge on any atom is -0.324 e. The van der Waals surface area contributed by atoms with Crippen LogP contribution in [0.4, 0.5) is 5.95 Å². The average Bonchev–Trinajstić information content (AvgIpc) is 3.18. The van der Waals surface area contributed by atoms with Gasteiger partial charge in [0.15, 0.2) is 5.82 Å². The first-order valence-corrected chi connectivity index (χ1v) is 8.36. The largest absolute Gasteiger partial charge is 0.324 e. The molecule has 0 atom stereocenters. The van der Waals surface area contributed by atoms with Crippen LogP contribution in [0.5, 0.6) is 0 Å². The molecule has 2 N–H and O–H groups in total. The van der Waals surface area contributed by atoms with E-state index in [1.807, 2.05) is 44.2 Å². The van der Waals surface area contributed by atoms with Crippen LogP contribution in [-0.2, 0) is 11.3 Å². The van der Waals surface area contributed by atoms with Crippen molar-refractivity contribution in [2.45, 2.75) is 20.4 Å². The summed E-state index contributed by atoms with van der Waals surface area (Å²) in [6, 6.07) is 12.3. The molecule has 136 valence electrons. The van der Waals surface area contributed by atoms with Crippen LogP contribution in [0, 0.1) is 13.8 Å². The fourth-order valence-electron chi connectivity index (χ4n) is 2.84. The summed E-state index contributed by atoms with van der Waals surface area (Å²) in [4.78, 5) is 31.7. The van der Waals surface area contributed by atoms with Crippen molar-refractivity contribution in [2.75, 3.05) is 5.32 Å². The molecule has 0 aliphatic rings. The molecule has 1 aromatic carbocycles. The molecule has 27 heavy (non-hydrogen) atoms. The number of amides is 1. The third-order valence-electron chi connectivity index (χ3n) is 4.02. The van der Waals surface area contributed by atoms with Crippen LogP contribution in [0.2, 0.25) is 0 Å². The van der Waals surface area contributed by atoms with E-state index in [4.69, 9.17) is 0 Å². The quantitative estimate of drug-likeness (QED) is 0.572. The minimum absolute atomic E-state index is 0.233. The number of rotatable bonds is 4. The molecule has 4 aromatic rings. The number of nitrogens with zero attached hydrogens (tertiary/aromatic N) is 5. The summed E-state index contributed by atoms with van der Waals surface area (Å²) >= 11 is 0. The Bertz CT molecular complexity index is 1170. The predicted molar refractivity (Wildman–Crippen MR) is 99.8 cm³/mol. The number of aromatic amines is 1. The van der Waals surface area contributed by atoms with Crippen molar-refractivity contribution < 1.29 is 4.79 Å². The maximum Gasteiger partial charge on any atom is 0.267 e. The Balaban J connectivity index is 1.56. The number of hydrogen-bond acceptors (Lipinski definition) is 5. The van der Waals surface area contributed by atoms with Gasteiger partial charge >= 0.3 is 0 Å². The molecule has 3 aromatic heterocycles. The van der Waals surface area contributed by atoms with Gasteiger partial charge in [-0.15, -0.1) is 5.10 Å². The van der Waals surface area contributed by atoms with Crippen molar-refractivity contribution in [2.24, 2.45) is 0 Å². The molecule has 0 radical (unpaired) electrons.